The fourth-order valence-corrected chi connectivity index (χ4v) is 2.48. The van der Waals surface area contributed by atoms with Crippen molar-refractivity contribution in [2.45, 2.75) is 47.1 Å². The Labute approximate surface area is 138 Å². The SMILES string of the molecule is CC[C@H](Oc1cc(C)ccc1C)C(=O)Nc1ccc(C)cc1C. The van der Waals surface area contributed by atoms with Crippen molar-refractivity contribution in [3.8, 4) is 5.75 Å². The predicted octanol–water partition coefficient (Wildman–Crippen LogP) is 4.72. The molecule has 3 heteroatoms. The molecule has 0 saturated carbocycles. The molecule has 0 saturated heterocycles. The van der Waals surface area contributed by atoms with E-state index in [-0.39, 0.29) is 5.91 Å². The number of aryl methyl sites for hydroxylation is 4. The van der Waals surface area contributed by atoms with Gasteiger partial charge in [-0.1, -0.05) is 36.8 Å². The highest BCUT2D eigenvalue weighted by atomic mass is 16.5. The first kappa shape index (κ1) is 17.1. The van der Waals surface area contributed by atoms with Gasteiger partial charge in [-0.3, -0.25) is 4.79 Å². The first-order chi connectivity index (χ1) is 10.9. The summed E-state index contributed by atoms with van der Waals surface area (Å²) in [6.07, 6.45) is 0.112. The fraction of sp³-hybridized carbons (Fsp3) is 0.350. The second kappa shape index (κ2) is 7.32. The molecule has 1 amide bonds. The van der Waals surface area contributed by atoms with Crippen molar-refractivity contribution in [1.29, 1.82) is 0 Å². The van der Waals surface area contributed by atoms with Gasteiger partial charge in [-0.15, -0.1) is 0 Å². The van der Waals surface area contributed by atoms with Crippen LogP contribution in [-0.2, 0) is 4.79 Å². The number of carbonyl (C=O) groups is 1. The Balaban J connectivity index is 2.13. The van der Waals surface area contributed by atoms with Crippen LogP contribution < -0.4 is 10.1 Å². The summed E-state index contributed by atoms with van der Waals surface area (Å²) >= 11 is 0. The molecule has 2 rings (SSSR count). The molecule has 2 aromatic rings. The second-order valence-electron chi connectivity index (χ2n) is 6.09. The average molecular weight is 311 g/mol. The highest BCUT2D eigenvalue weighted by Gasteiger charge is 2.20. The third kappa shape index (κ3) is 4.35. The molecule has 1 N–H and O–H groups in total. The number of rotatable bonds is 5. The monoisotopic (exact) mass is 311 g/mol. The molecule has 0 aliphatic rings. The van der Waals surface area contributed by atoms with Crippen molar-refractivity contribution in [2.75, 3.05) is 5.32 Å². The van der Waals surface area contributed by atoms with Crippen LogP contribution in [0.4, 0.5) is 5.69 Å². The molecule has 0 radical (unpaired) electrons. The molecule has 0 aliphatic carbocycles. The van der Waals surface area contributed by atoms with Crippen molar-refractivity contribution in [3.05, 3.63) is 58.7 Å². The van der Waals surface area contributed by atoms with Crippen molar-refractivity contribution < 1.29 is 9.53 Å². The van der Waals surface area contributed by atoms with E-state index in [1.807, 2.05) is 65.0 Å². The number of amides is 1. The molecule has 2 aromatic carbocycles. The number of hydrogen-bond donors (Lipinski definition) is 1. The van der Waals surface area contributed by atoms with E-state index in [4.69, 9.17) is 4.74 Å². The summed E-state index contributed by atoms with van der Waals surface area (Å²) in [5.74, 6) is 0.660. The maximum absolute atomic E-state index is 12.5. The smallest absolute Gasteiger partial charge is 0.265 e. The lowest BCUT2D eigenvalue weighted by molar-refractivity contribution is -0.122. The number of anilines is 1. The zero-order chi connectivity index (χ0) is 17.0. The van der Waals surface area contributed by atoms with Gasteiger partial charge in [0.25, 0.3) is 5.91 Å². The maximum atomic E-state index is 12.5. The van der Waals surface area contributed by atoms with Gasteiger partial charge in [0.15, 0.2) is 6.10 Å². The Morgan fingerprint density at radius 1 is 1.00 bits per heavy atom. The molecule has 0 fully saturated rings. The van der Waals surface area contributed by atoms with Crippen molar-refractivity contribution >= 4 is 11.6 Å². The van der Waals surface area contributed by atoms with Gasteiger partial charge in [0.2, 0.25) is 0 Å². The van der Waals surface area contributed by atoms with Gasteiger partial charge in [0, 0.05) is 5.69 Å². The van der Waals surface area contributed by atoms with Crippen LogP contribution in [0.5, 0.6) is 5.75 Å². The Hall–Kier alpha value is -2.29. The van der Waals surface area contributed by atoms with Crippen molar-refractivity contribution in [2.24, 2.45) is 0 Å². The van der Waals surface area contributed by atoms with Gasteiger partial charge in [-0.05, 0) is 62.9 Å². The predicted molar refractivity (Wildman–Crippen MR) is 95.2 cm³/mol. The van der Waals surface area contributed by atoms with Gasteiger partial charge >= 0.3 is 0 Å². The van der Waals surface area contributed by atoms with Crippen LogP contribution in [-0.4, -0.2) is 12.0 Å². The Morgan fingerprint density at radius 2 is 1.65 bits per heavy atom. The number of carbonyl (C=O) groups excluding carboxylic acids is 1. The van der Waals surface area contributed by atoms with Crippen molar-refractivity contribution in [3.63, 3.8) is 0 Å². The van der Waals surface area contributed by atoms with E-state index in [9.17, 15) is 4.79 Å². The minimum absolute atomic E-state index is 0.111. The maximum Gasteiger partial charge on any atom is 0.265 e. The minimum Gasteiger partial charge on any atom is -0.480 e. The molecule has 23 heavy (non-hydrogen) atoms. The summed E-state index contributed by atoms with van der Waals surface area (Å²) in [5, 5.41) is 2.98. The molecule has 3 nitrogen and oxygen atoms in total. The van der Waals surface area contributed by atoms with E-state index in [1.54, 1.807) is 0 Å². The summed E-state index contributed by atoms with van der Waals surface area (Å²) in [7, 11) is 0. The number of ether oxygens (including phenoxy) is 1. The van der Waals surface area contributed by atoms with Gasteiger partial charge in [-0.25, -0.2) is 0 Å². The Morgan fingerprint density at radius 3 is 2.30 bits per heavy atom. The Kier molecular flexibility index (Phi) is 5.43. The van der Waals surface area contributed by atoms with Crippen LogP contribution in [0.1, 0.15) is 35.6 Å². The van der Waals surface area contributed by atoms with Crippen LogP contribution in [0.25, 0.3) is 0 Å². The van der Waals surface area contributed by atoms with Crippen molar-refractivity contribution in [1.82, 2.24) is 0 Å². The molecular weight excluding hydrogens is 286 g/mol. The molecule has 0 aromatic heterocycles. The van der Waals surface area contributed by atoms with Crippen LogP contribution in [0.15, 0.2) is 36.4 Å². The van der Waals surface area contributed by atoms with E-state index in [0.717, 1.165) is 28.1 Å². The molecule has 0 unspecified atom stereocenters. The average Bonchev–Trinajstić information content (AvgIpc) is 2.50. The Bertz CT molecular complexity index is 707. The van der Waals surface area contributed by atoms with Crippen LogP contribution >= 0.6 is 0 Å². The zero-order valence-electron chi connectivity index (χ0n) is 14.6. The van der Waals surface area contributed by atoms with Gasteiger partial charge < -0.3 is 10.1 Å². The lowest BCUT2D eigenvalue weighted by Crippen LogP contribution is -2.32. The largest absolute Gasteiger partial charge is 0.480 e. The zero-order valence-corrected chi connectivity index (χ0v) is 14.6. The van der Waals surface area contributed by atoms with E-state index in [1.165, 1.54) is 5.56 Å². The summed E-state index contributed by atoms with van der Waals surface area (Å²) in [4.78, 5) is 12.5. The number of nitrogens with one attached hydrogen (secondary N) is 1. The normalized spacial score (nSPS) is 11.9. The minimum atomic E-state index is -0.504. The lowest BCUT2D eigenvalue weighted by atomic mass is 10.1. The van der Waals surface area contributed by atoms with E-state index in [0.29, 0.717) is 6.42 Å². The molecule has 0 aliphatic heterocycles. The highest BCUT2D eigenvalue weighted by Crippen LogP contribution is 2.22. The summed E-state index contributed by atoms with van der Waals surface area (Å²) < 4.78 is 5.96. The first-order valence-electron chi connectivity index (χ1n) is 8.02. The van der Waals surface area contributed by atoms with Crippen LogP contribution in [0.3, 0.4) is 0 Å². The third-order valence-electron chi connectivity index (χ3n) is 3.92. The fourth-order valence-electron chi connectivity index (χ4n) is 2.48. The van der Waals surface area contributed by atoms with Gasteiger partial charge in [-0.2, -0.15) is 0 Å². The molecule has 1 atom stereocenters. The molecule has 122 valence electrons. The number of hydrogen-bond acceptors (Lipinski definition) is 2. The lowest BCUT2D eigenvalue weighted by Gasteiger charge is -2.19. The molecule has 0 spiro atoms. The summed E-state index contributed by atoms with van der Waals surface area (Å²) in [6, 6.07) is 12.0. The molecular formula is C20H25NO2. The van der Waals surface area contributed by atoms with E-state index >= 15 is 0 Å². The standard InChI is InChI=1S/C20H25NO2/c1-6-18(23-19-12-14(3)7-9-15(19)4)20(22)21-17-10-8-13(2)11-16(17)5/h7-12,18H,6H2,1-5H3,(H,21,22)/t18-/m0/s1. The molecule has 0 heterocycles. The van der Waals surface area contributed by atoms with E-state index in [2.05, 4.69) is 11.4 Å². The highest BCUT2D eigenvalue weighted by molar-refractivity contribution is 5.95. The number of benzene rings is 2. The summed E-state index contributed by atoms with van der Waals surface area (Å²) in [5.41, 5.74) is 5.23. The third-order valence-corrected chi connectivity index (χ3v) is 3.92. The molecule has 0 bridgehead atoms. The second-order valence-corrected chi connectivity index (χ2v) is 6.09. The van der Waals surface area contributed by atoms with E-state index < -0.39 is 6.10 Å². The topological polar surface area (TPSA) is 38.3 Å². The quantitative estimate of drug-likeness (QED) is 0.868. The van der Waals surface area contributed by atoms with Gasteiger partial charge in [0.05, 0.1) is 0 Å². The van der Waals surface area contributed by atoms with Crippen LogP contribution in [0.2, 0.25) is 0 Å². The summed E-state index contributed by atoms with van der Waals surface area (Å²) in [6.45, 7) is 10.00. The van der Waals surface area contributed by atoms with Crippen LogP contribution in [0, 0.1) is 27.7 Å². The van der Waals surface area contributed by atoms with Gasteiger partial charge in [0.1, 0.15) is 5.75 Å². The first-order valence-corrected chi connectivity index (χ1v) is 8.02.